The van der Waals surface area contributed by atoms with Crippen LogP contribution < -0.4 is 5.32 Å². The molecule has 0 fully saturated rings. The molecule has 0 spiro atoms. The van der Waals surface area contributed by atoms with Crippen molar-refractivity contribution >= 4 is 17.7 Å². The first-order valence-electron chi connectivity index (χ1n) is 8.57. The highest BCUT2D eigenvalue weighted by atomic mass is 32.2. The second kappa shape index (κ2) is 8.47. The molecule has 1 heterocycles. The van der Waals surface area contributed by atoms with Crippen LogP contribution in [0.2, 0.25) is 0 Å². The summed E-state index contributed by atoms with van der Waals surface area (Å²) in [7, 11) is 0. The summed E-state index contributed by atoms with van der Waals surface area (Å²) in [6, 6.07) is 8.63. The fourth-order valence-corrected chi connectivity index (χ4v) is 3.55. The first-order chi connectivity index (χ1) is 13.3. The third-order valence-corrected chi connectivity index (χ3v) is 4.95. The van der Waals surface area contributed by atoms with Gasteiger partial charge in [0.15, 0.2) is 0 Å². The molecule has 0 radical (unpaired) electrons. The molecule has 1 N–H and O–H groups in total. The van der Waals surface area contributed by atoms with E-state index < -0.39 is 17.7 Å². The topological polar surface area (TPSA) is 72.7 Å². The molecule has 0 aliphatic rings. The minimum atomic E-state index is -0.695. The number of rotatable bonds is 6. The van der Waals surface area contributed by atoms with Crippen molar-refractivity contribution in [3.63, 3.8) is 0 Å². The second-order valence-corrected chi connectivity index (χ2v) is 7.41. The lowest BCUT2D eigenvalue weighted by molar-refractivity contribution is -0.119. The summed E-state index contributed by atoms with van der Waals surface area (Å²) >= 11 is 1.17. The number of hydrogen-bond acceptors (Lipinski definition) is 5. The van der Waals surface area contributed by atoms with E-state index in [9.17, 15) is 13.6 Å². The molecule has 0 aliphatic heterocycles. The van der Waals surface area contributed by atoms with Gasteiger partial charge < -0.3 is 5.32 Å². The fourth-order valence-electron chi connectivity index (χ4n) is 2.85. The SMILES string of the molecule is Cc1cc(C)cc(-n2nnnc2SCC(=O)N[C@@H](C)c2ccc(F)cc2F)c1. The Bertz CT molecular complexity index is 987. The van der Waals surface area contributed by atoms with Gasteiger partial charge in [0.05, 0.1) is 17.5 Å². The molecule has 146 valence electrons. The van der Waals surface area contributed by atoms with Gasteiger partial charge in [-0.1, -0.05) is 23.9 Å². The first kappa shape index (κ1) is 19.9. The Morgan fingerprint density at radius 3 is 2.57 bits per heavy atom. The minimum absolute atomic E-state index is 0.0539. The van der Waals surface area contributed by atoms with Gasteiger partial charge in [0.2, 0.25) is 11.1 Å². The van der Waals surface area contributed by atoms with Gasteiger partial charge in [0.25, 0.3) is 0 Å². The molecular formula is C19H19F2N5OS. The van der Waals surface area contributed by atoms with E-state index in [1.807, 2.05) is 32.0 Å². The summed E-state index contributed by atoms with van der Waals surface area (Å²) in [6.45, 7) is 5.60. The Morgan fingerprint density at radius 2 is 1.89 bits per heavy atom. The quantitative estimate of drug-likeness (QED) is 0.638. The van der Waals surface area contributed by atoms with E-state index in [0.29, 0.717) is 5.16 Å². The molecule has 1 aromatic heterocycles. The molecule has 9 heteroatoms. The van der Waals surface area contributed by atoms with Crippen LogP contribution in [0, 0.1) is 25.5 Å². The summed E-state index contributed by atoms with van der Waals surface area (Å²) < 4.78 is 28.4. The van der Waals surface area contributed by atoms with E-state index in [-0.39, 0.29) is 17.2 Å². The van der Waals surface area contributed by atoms with Crippen molar-refractivity contribution in [2.24, 2.45) is 0 Å². The standard InChI is InChI=1S/C19H19F2N5OS/c1-11-6-12(2)8-15(7-11)26-19(23-24-25-26)28-10-18(27)22-13(3)16-5-4-14(20)9-17(16)21/h4-9,13H,10H2,1-3H3,(H,22,27)/t13-/m0/s1. The number of hydrogen-bond donors (Lipinski definition) is 1. The highest BCUT2D eigenvalue weighted by Crippen LogP contribution is 2.21. The maximum absolute atomic E-state index is 13.8. The average Bonchev–Trinajstić information content (AvgIpc) is 3.07. The molecule has 0 bridgehead atoms. The lowest BCUT2D eigenvalue weighted by Gasteiger charge is -2.15. The van der Waals surface area contributed by atoms with Crippen LogP contribution in [0.15, 0.2) is 41.6 Å². The van der Waals surface area contributed by atoms with Crippen molar-refractivity contribution in [2.45, 2.75) is 32.0 Å². The zero-order valence-electron chi connectivity index (χ0n) is 15.6. The number of amides is 1. The van der Waals surface area contributed by atoms with Crippen LogP contribution >= 0.6 is 11.8 Å². The predicted molar refractivity (Wildman–Crippen MR) is 102 cm³/mol. The van der Waals surface area contributed by atoms with Gasteiger partial charge in [-0.2, -0.15) is 4.68 Å². The predicted octanol–water partition coefficient (Wildman–Crippen LogP) is 3.53. The molecule has 1 atom stereocenters. The molecular weight excluding hydrogens is 384 g/mol. The van der Waals surface area contributed by atoms with Crippen LogP contribution in [0.4, 0.5) is 8.78 Å². The number of thioether (sulfide) groups is 1. The minimum Gasteiger partial charge on any atom is -0.349 e. The Hall–Kier alpha value is -2.81. The Kier molecular flexibility index (Phi) is 6.03. The van der Waals surface area contributed by atoms with Crippen LogP contribution in [0.5, 0.6) is 0 Å². The number of nitrogens with one attached hydrogen (secondary N) is 1. The molecule has 3 aromatic rings. The van der Waals surface area contributed by atoms with Crippen LogP contribution in [-0.2, 0) is 4.79 Å². The molecule has 0 saturated carbocycles. The molecule has 6 nitrogen and oxygen atoms in total. The van der Waals surface area contributed by atoms with Crippen molar-refractivity contribution in [3.8, 4) is 5.69 Å². The third-order valence-electron chi connectivity index (χ3n) is 4.03. The monoisotopic (exact) mass is 403 g/mol. The second-order valence-electron chi connectivity index (χ2n) is 6.46. The summed E-state index contributed by atoms with van der Waals surface area (Å²) in [5, 5.41) is 14.8. The summed E-state index contributed by atoms with van der Waals surface area (Å²) in [6.07, 6.45) is 0. The van der Waals surface area contributed by atoms with E-state index in [1.54, 1.807) is 11.6 Å². The van der Waals surface area contributed by atoms with E-state index in [0.717, 1.165) is 28.9 Å². The lowest BCUT2D eigenvalue weighted by Crippen LogP contribution is -2.28. The zero-order chi connectivity index (χ0) is 20.3. The number of carbonyl (C=O) groups excluding carboxylic acids is 1. The van der Waals surface area contributed by atoms with Gasteiger partial charge in [-0.15, -0.1) is 5.10 Å². The van der Waals surface area contributed by atoms with Gasteiger partial charge in [-0.25, -0.2) is 8.78 Å². The Labute approximate surface area is 165 Å². The van der Waals surface area contributed by atoms with Crippen molar-refractivity contribution in [1.29, 1.82) is 0 Å². The summed E-state index contributed by atoms with van der Waals surface area (Å²) in [4.78, 5) is 12.2. The maximum Gasteiger partial charge on any atom is 0.230 e. The third kappa shape index (κ3) is 4.72. The van der Waals surface area contributed by atoms with Crippen molar-refractivity contribution < 1.29 is 13.6 Å². The number of aryl methyl sites for hydroxylation is 2. The number of benzene rings is 2. The van der Waals surface area contributed by atoms with Crippen LogP contribution in [0.25, 0.3) is 5.69 Å². The molecule has 3 rings (SSSR count). The number of nitrogens with zero attached hydrogens (tertiary/aromatic N) is 4. The van der Waals surface area contributed by atoms with Crippen molar-refractivity contribution in [3.05, 3.63) is 64.7 Å². The first-order valence-corrected chi connectivity index (χ1v) is 9.56. The van der Waals surface area contributed by atoms with Crippen LogP contribution in [0.3, 0.4) is 0 Å². The lowest BCUT2D eigenvalue weighted by atomic mass is 10.1. The zero-order valence-corrected chi connectivity index (χ0v) is 16.4. The average molecular weight is 403 g/mol. The normalized spacial score (nSPS) is 12.0. The summed E-state index contributed by atoms with van der Waals surface area (Å²) in [5.41, 5.74) is 3.19. The van der Waals surface area contributed by atoms with E-state index in [2.05, 4.69) is 20.8 Å². The van der Waals surface area contributed by atoms with Crippen molar-refractivity contribution in [1.82, 2.24) is 25.5 Å². The maximum atomic E-state index is 13.8. The van der Waals surface area contributed by atoms with E-state index in [1.165, 1.54) is 17.8 Å². The van der Waals surface area contributed by atoms with Gasteiger partial charge in [0.1, 0.15) is 11.6 Å². The van der Waals surface area contributed by atoms with Gasteiger partial charge in [-0.05, 0) is 60.5 Å². The van der Waals surface area contributed by atoms with Crippen molar-refractivity contribution in [2.75, 3.05) is 5.75 Å². The van der Waals surface area contributed by atoms with Crippen LogP contribution in [-0.4, -0.2) is 31.9 Å². The summed E-state index contributed by atoms with van der Waals surface area (Å²) in [5.74, 6) is -1.61. The van der Waals surface area contributed by atoms with E-state index >= 15 is 0 Å². The van der Waals surface area contributed by atoms with Gasteiger partial charge in [-0.3, -0.25) is 4.79 Å². The van der Waals surface area contributed by atoms with E-state index in [4.69, 9.17) is 0 Å². The highest BCUT2D eigenvalue weighted by molar-refractivity contribution is 7.99. The molecule has 28 heavy (non-hydrogen) atoms. The molecule has 2 aromatic carbocycles. The number of aromatic nitrogens is 4. The molecule has 1 amide bonds. The number of carbonyl (C=O) groups is 1. The highest BCUT2D eigenvalue weighted by Gasteiger charge is 2.16. The fraction of sp³-hybridized carbons (Fsp3) is 0.263. The van der Waals surface area contributed by atoms with Gasteiger partial charge >= 0.3 is 0 Å². The molecule has 0 unspecified atom stereocenters. The van der Waals surface area contributed by atoms with Gasteiger partial charge in [0, 0.05) is 11.6 Å². The Morgan fingerprint density at radius 1 is 1.18 bits per heavy atom. The molecule has 0 saturated heterocycles. The Balaban J connectivity index is 1.65. The van der Waals surface area contributed by atoms with Crippen LogP contribution in [0.1, 0.15) is 29.7 Å². The number of halogens is 2. The smallest absolute Gasteiger partial charge is 0.230 e. The number of tetrazole rings is 1. The molecule has 0 aliphatic carbocycles. The largest absolute Gasteiger partial charge is 0.349 e.